The normalized spacial score (nSPS) is 19.8. The van der Waals surface area contributed by atoms with Crippen molar-refractivity contribution in [1.29, 1.82) is 0 Å². The third-order valence-corrected chi connectivity index (χ3v) is 3.67. The van der Waals surface area contributed by atoms with Gasteiger partial charge in [-0.05, 0) is 51.2 Å². The van der Waals surface area contributed by atoms with Gasteiger partial charge in [-0.15, -0.1) is 0 Å². The van der Waals surface area contributed by atoms with E-state index in [-0.39, 0.29) is 12.1 Å². The van der Waals surface area contributed by atoms with Gasteiger partial charge in [0, 0.05) is 19.3 Å². The molecule has 4 nitrogen and oxygen atoms in total. The third kappa shape index (κ3) is 3.71. The molecule has 20 heavy (non-hydrogen) atoms. The van der Waals surface area contributed by atoms with Gasteiger partial charge >= 0.3 is 5.97 Å². The largest absolute Gasteiger partial charge is 0.459 e. The maximum atomic E-state index is 12.2. The van der Waals surface area contributed by atoms with E-state index < -0.39 is 0 Å². The summed E-state index contributed by atoms with van der Waals surface area (Å²) in [6.45, 7) is 7.93. The molecule has 0 radical (unpaired) electrons. The second-order valence-electron chi connectivity index (χ2n) is 5.85. The van der Waals surface area contributed by atoms with Gasteiger partial charge < -0.3 is 9.64 Å². The van der Waals surface area contributed by atoms with Crippen LogP contribution in [0.15, 0.2) is 18.3 Å². The molecule has 1 aromatic heterocycles. The van der Waals surface area contributed by atoms with Crippen molar-refractivity contribution in [3.05, 3.63) is 23.9 Å². The van der Waals surface area contributed by atoms with Crippen molar-refractivity contribution < 1.29 is 9.53 Å². The SMILES string of the molecule is CC1CCCN(c2ncccc2C(=O)OC(C)C)CC1. The lowest BCUT2D eigenvalue weighted by molar-refractivity contribution is 0.0378. The Kier molecular flexibility index (Phi) is 4.99. The van der Waals surface area contributed by atoms with Gasteiger partial charge in [-0.2, -0.15) is 0 Å². The van der Waals surface area contributed by atoms with Gasteiger partial charge in [-0.25, -0.2) is 9.78 Å². The van der Waals surface area contributed by atoms with E-state index in [1.54, 1.807) is 18.3 Å². The van der Waals surface area contributed by atoms with E-state index in [0.717, 1.165) is 37.7 Å². The third-order valence-electron chi connectivity index (χ3n) is 3.67. The Bertz CT molecular complexity index is 460. The lowest BCUT2D eigenvalue weighted by Crippen LogP contribution is -2.28. The van der Waals surface area contributed by atoms with Crippen LogP contribution < -0.4 is 4.90 Å². The van der Waals surface area contributed by atoms with Crippen LogP contribution in [-0.2, 0) is 4.74 Å². The number of esters is 1. The number of anilines is 1. The van der Waals surface area contributed by atoms with Crippen LogP contribution in [0.25, 0.3) is 0 Å². The lowest BCUT2D eigenvalue weighted by Gasteiger charge is -2.23. The number of hydrogen-bond acceptors (Lipinski definition) is 4. The molecule has 1 fully saturated rings. The molecule has 110 valence electrons. The molecule has 0 bridgehead atoms. The molecule has 1 atom stereocenters. The summed E-state index contributed by atoms with van der Waals surface area (Å²) in [4.78, 5) is 18.8. The fraction of sp³-hybridized carbons (Fsp3) is 0.625. The summed E-state index contributed by atoms with van der Waals surface area (Å²) in [5, 5.41) is 0. The number of nitrogens with zero attached hydrogens (tertiary/aromatic N) is 2. The second kappa shape index (κ2) is 6.73. The molecule has 1 aliphatic rings. The van der Waals surface area contributed by atoms with Crippen LogP contribution in [-0.4, -0.2) is 30.1 Å². The molecule has 0 aromatic carbocycles. The molecule has 2 rings (SSSR count). The predicted molar refractivity (Wildman–Crippen MR) is 80.0 cm³/mol. The number of rotatable bonds is 3. The van der Waals surface area contributed by atoms with Crippen molar-refractivity contribution in [3.63, 3.8) is 0 Å². The van der Waals surface area contributed by atoms with Crippen molar-refractivity contribution >= 4 is 11.8 Å². The summed E-state index contributed by atoms with van der Waals surface area (Å²) in [5.41, 5.74) is 0.579. The van der Waals surface area contributed by atoms with Gasteiger partial charge in [0.05, 0.1) is 6.10 Å². The predicted octanol–water partition coefficient (Wildman–Crippen LogP) is 3.27. The van der Waals surface area contributed by atoms with Gasteiger partial charge in [-0.3, -0.25) is 0 Å². The first-order valence-corrected chi connectivity index (χ1v) is 7.49. The van der Waals surface area contributed by atoms with Crippen LogP contribution in [0, 0.1) is 5.92 Å². The molecule has 0 amide bonds. The number of pyridine rings is 1. The average molecular weight is 276 g/mol. The summed E-state index contributed by atoms with van der Waals surface area (Å²) in [5.74, 6) is 1.24. The van der Waals surface area contributed by atoms with Gasteiger partial charge in [-0.1, -0.05) is 6.92 Å². The fourth-order valence-electron chi connectivity index (χ4n) is 2.56. The Morgan fingerprint density at radius 2 is 2.20 bits per heavy atom. The Labute approximate surface area is 121 Å². The molecule has 0 aliphatic carbocycles. The zero-order valence-corrected chi connectivity index (χ0v) is 12.6. The molecule has 0 spiro atoms. The van der Waals surface area contributed by atoms with Crippen LogP contribution in [0.4, 0.5) is 5.82 Å². The van der Waals surface area contributed by atoms with Crippen LogP contribution in [0.1, 0.15) is 50.4 Å². The molecule has 1 aromatic rings. The first-order chi connectivity index (χ1) is 9.58. The number of carbonyl (C=O) groups is 1. The van der Waals surface area contributed by atoms with Crippen LogP contribution >= 0.6 is 0 Å². The molecule has 2 heterocycles. The molecule has 4 heteroatoms. The minimum absolute atomic E-state index is 0.111. The Balaban J connectivity index is 2.20. The van der Waals surface area contributed by atoms with Crippen molar-refractivity contribution in [1.82, 2.24) is 4.98 Å². The Hall–Kier alpha value is -1.58. The van der Waals surface area contributed by atoms with E-state index in [9.17, 15) is 4.79 Å². The monoisotopic (exact) mass is 276 g/mol. The minimum atomic E-state index is -0.277. The maximum absolute atomic E-state index is 12.2. The molecular formula is C16H24N2O2. The number of hydrogen-bond donors (Lipinski definition) is 0. The van der Waals surface area contributed by atoms with Crippen LogP contribution in [0.2, 0.25) is 0 Å². The average Bonchev–Trinajstić information content (AvgIpc) is 2.63. The molecule has 1 aliphatic heterocycles. The van der Waals surface area contributed by atoms with E-state index >= 15 is 0 Å². The van der Waals surface area contributed by atoms with E-state index in [0.29, 0.717) is 5.56 Å². The number of carbonyl (C=O) groups excluding carboxylic acids is 1. The highest BCUT2D eigenvalue weighted by Crippen LogP contribution is 2.24. The van der Waals surface area contributed by atoms with Crippen molar-refractivity contribution in [2.45, 2.75) is 46.1 Å². The van der Waals surface area contributed by atoms with E-state index in [1.165, 1.54) is 6.42 Å². The fourth-order valence-corrected chi connectivity index (χ4v) is 2.56. The van der Waals surface area contributed by atoms with Crippen LogP contribution in [0.5, 0.6) is 0 Å². The maximum Gasteiger partial charge on any atom is 0.342 e. The summed E-state index contributed by atoms with van der Waals surface area (Å²) in [7, 11) is 0. The number of aromatic nitrogens is 1. The first kappa shape index (κ1) is 14.8. The topological polar surface area (TPSA) is 42.4 Å². The molecule has 1 saturated heterocycles. The van der Waals surface area contributed by atoms with Gasteiger partial charge in [0.2, 0.25) is 0 Å². The first-order valence-electron chi connectivity index (χ1n) is 7.49. The zero-order valence-electron chi connectivity index (χ0n) is 12.6. The molecule has 1 unspecified atom stereocenters. The summed E-state index contributed by atoms with van der Waals surface area (Å²) in [6.07, 6.45) is 5.18. The summed E-state index contributed by atoms with van der Waals surface area (Å²) in [6, 6.07) is 3.60. The van der Waals surface area contributed by atoms with Gasteiger partial charge in [0.25, 0.3) is 0 Å². The number of ether oxygens (including phenoxy) is 1. The highest BCUT2D eigenvalue weighted by atomic mass is 16.5. The minimum Gasteiger partial charge on any atom is -0.459 e. The van der Waals surface area contributed by atoms with Crippen molar-refractivity contribution in [2.75, 3.05) is 18.0 Å². The van der Waals surface area contributed by atoms with Gasteiger partial charge in [0.15, 0.2) is 0 Å². The van der Waals surface area contributed by atoms with Crippen LogP contribution in [0.3, 0.4) is 0 Å². The molecule has 0 N–H and O–H groups in total. The van der Waals surface area contributed by atoms with E-state index in [2.05, 4.69) is 16.8 Å². The van der Waals surface area contributed by atoms with E-state index in [1.807, 2.05) is 13.8 Å². The summed E-state index contributed by atoms with van der Waals surface area (Å²) >= 11 is 0. The standard InChI is InChI=1S/C16H24N2O2/c1-12(2)20-16(19)14-7-4-9-17-15(14)18-10-5-6-13(3)8-11-18/h4,7,9,12-13H,5-6,8,10-11H2,1-3H3. The smallest absolute Gasteiger partial charge is 0.342 e. The second-order valence-corrected chi connectivity index (χ2v) is 5.85. The molecular weight excluding hydrogens is 252 g/mol. The Morgan fingerprint density at radius 1 is 1.40 bits per heavy atom. The summed E-state index contributed by atoms with van der Waals surface area (Å²) < 4.78 is 5.31. The zero-order chi connectivity index (χ0) is 14.5. The Morgan fingerprint density at radius 3 is 2.95 bits per heavy atom. The highest BCUT2D eigenvalue weighted by Gasteiger charge is 2.21. The quantitative estimate of drug-likeness (QED) is 0.795. The van der Waals surface area contributed by atoms with Crippen molar-refractivity contribution in [3.8, 4) is 0 Å². The highest BCUT2D eigenvalue weighted by molar-refractivity contribution is 5.94. The van der Waals surface area contributed by atoms with Gasteiger partial charge in [0.1, 0.15) is 11.4 Å². The van der Waals surface area contributed by atoms with Crippen molar-refractivity contribution in [2.24, 2.45) is 5.92 Å². The van der Waals surface area contributed by atoms with E-state index in [4.69, 9.17) is 4.74 Å². The lowest BCUT2D eigenvalue weighted by atomic mass is 10.0. The molecule has 0 saturated carbocycles.